The molecule has 2 aromatic heterocycles. The summed E-state index contributed by atoms with van der Waals surface area (Å²) in [5.41, 5.74) is 0. The smallest absolute Gasteiger partial charge is 0.207 e. The number of thiophene rings is 2. The van der Waals surface area contributed by atoms with E-state index in [1.54, 1.807) is 35.0 Å². The summed E-state index contributed by atoms with van der Waals surface area (Å²) in [4.78, 5) is 0. The Kier molecular flexibility index (Phi) is 5.89. The summed E-state index contributed by atoms with van der Waals surface area (Å²) < 4.78 is 52.5. The third-order valence-corrected chi connectivity index (χ3v) is 8.11. The highest BCUT2D eigenvalue weighted by molar-refractivity contribution is 7.91. The van der Waals surface area contributed by atoms with Crippen LogP contribution in [0.3, 0.4) is 0 Å². The van der Waals surface area contributed by atoms with Gasteiger partial charge in [-0.05, 0) is 22.9 Å². The summed E-state index contributed by atoms with van der Waals surface area (Å²) >= 11 is 2.27. The van der Waals surface area contributed by atoms with Crippen LogP contribution in [0.15, 0.2) is 55.6 Å². The molecule has 0 amide bonds. The molecule has 0 unspecified atom stereocenters. The van der Waals surface area contributed by atoms with Crippen LogP contribution in [-0.4, -0.2) is 29.9 Å². The fourth-order valence-corrected chi connectivity index (χ4v) is 5.49. The summed E-state index contributed by atoms with van der Waals surface area (Å²) in [6, 6.07) is 6.36. The number of rotatable bonds is 8. The third-order valence-electron chi connectivity index (χ3n) is 2.47. The van der Waals surface area contributed by atoms with Crippen LogP contribution in [0.4, 0.5) is 0 Å². The normalized spacial score (nSPS) is 12.9. The second-order valence-corrected chi connectivity index (χ2v) is 9.92. The van der Waals surface area contributed by atoms with Crippen molar-refractivity contribution in [1.29, 1.82) is 0 Å². The van der Waals surface area contributed by atoms with E-state index in [-0.39, 0.29) is 21.5 Å². The van der Waals surface area contributed by atoms with E-state index in [0.717, 1.165) is 22.7 Å². The molecule has 0 radical (unpaired) electrons. The van der Waals surface area contributed by atoms with Crippen molar-refractivity contribution in [3.63, 3.8) is 0 Å². The molecule has 2 rings (SSSR count). The van der Waals surface area contributed by atoms with Crippen LogP contribution in [0.2, 0.25) is 0 Å². The minimum absolute atomic E-state index is 0.0982. The topological polar surface area (TPSA) is 92.3 Å². The SMILES string of the molecule is O=S(=O)(NC/C=C/CNS(=O)(=O)c1cccs1)c1cccs1. The van der Waals surface area contributed by atoms with Gasteiger partial charge >= 0.3 is 0 Å². The van der Waals surface area contributed by atoms with Crippen LogP contribution in [0.25, 0.3) is 0 Å². The van der Waals surface area contributed by atoms with Crippen LogP contribution in [0, 0.1) is 0 Å². The van der Waals surface area contributed by atoms with Gasteiger partial charge in [0.05, 0.1) is 0 Å². The molecule has 0 aliphatic carbocycles. The Morgan fingerprint density at radius 2 is 1.23 bits per heavy atom. The summed E-state index contributed by atoms with van der Waals surface area (Å²) in [6.07, 6.45) is 3.12. The molecule has 0 saturated carbocycles. The Balaban J connectivity index is 1.78. The molecule has 0 aliphatic rings. The lowest BCUT2D eigenvalue weighted by molar-refractivity contribution is 0.585. The highest BCUT2D eigenvalue weighted by Crippen LogP contribution is 2.15. The molecule has 22 heavy (non-hydrogen) atoms. The van der Waals surface area contributed by atoms with E-state index < -0.39 is 20.0 Å². The summed E-state index contributed by atoms with van der Waals surface area (Å²) in [5.74, 6) is 0. The number of hydrogen-bond acceptors (Lipinski definition) is 6. The van der Waals surface area contributed by atoms with Gasteiger partial charge in [0, 0.05) is 13.1 Å². The molecule has 2 aromatic rings. The number of nitrogens with one attached hydrogen (secondary N) is 2. The second kappa shape index (κ2) is 7.49. The van der Waals surface area contributed by atoms with Crippen molar-refractivity contribution in [3.8, 4) is 0 Å². The van der Waals surface area contributed by atoms with Crippen molar-refractivity contribution < 1.29 is 16.8 Å². The van der Waals surface area contributed by atoms with Crippen molar-refractivity contribution in [2.45, 2.75) is 8.42 Å². The predicted molar refractivity (Wildman–Crippen MR) is 88.2 cm³/mol. The Hall–Kier alpha value is -1.04. The van der Waals surface area contributed by atoms with Crippen molar-refractivity contribution in [2.75, 3.05) is 13.1 Å². The van der Waals surface area contributed by atoms with Crippen molar-refractivity contribution in [3.05, 3.63) is 47.2 Å². The van der Waals surface area contributed by atoms with E-state index in [1.807, 2.05) is 0 Å². The lowest BCUT2D eigenvalue weighted by Crippen LogP contribution is -2.24. The van der Waals surface area contributed by atoms with Crippen molar-refractivity contribution in [1.82, 2.24) is 9.44 Å². The van der Waals surface area contributed by atoms with Crippen molar-refractivity contribution in [2.24, 2.45) is 0 Å². The molecule has 0 saturated heterocycles. The lowest BCUT2D eigenvalue weighted by atomic mass is 10.5. The van der Waals surface area contributed by atoms with Crippen LogP contribution >= 0.6 is 22.7 Å². The van der Waals surface area contributed by atoms with Crippen LogP contribution < -0.4 is 9.44 Å². The van der Waals surface area contributed by atoms with Gasteiger partial charge in [0.1, 0.15) is 8.42 Å². The maximum Gasteiger partial charge on any atom is 0.250 e. The van der Waals surface area contributed by atoms with Gasteiger partial charge in [-0.2, -0.15) is 0 Å². The Bertz CT molecular complexity index is 736. The Morgan fingerprint density at radius 3 is 1.55 bits per heavy atom. The molecule has 0 fully saturated rings. The largest absolute Gasteiger partial charge is 0.250 e. The van der Waals surface area contributed by atoms with Gasteiger partial charge in [-0.1, -0.05) is 24.3 Å². The fraction of sp³-hybridized carbons (Fsp3) is 0.167. The zero-order valence-electron chi connectivity index (χ0n) is 11.3. The van der Waals surface area contributed by atoms with Gasteiger partial charge in [-0.15, -0.1) is 22.7 Å². The third kappa shape index (κ3) is 4.73. The quantitative estimate of drug-likeness (QED) is 0.683. The van der Waals surface area contributed by atoms with E-state index in [9.17, 15) is 16.8 Å². The van der Waals surface area contributed by atoms with Gasteiger partial charge in [0.25, 0.3) is 0 Å². The number of sulfonamides is 2. The van der Waals surface area contributed by atoms with Crippen LogP contribution in [0.1, 0.15) is 0 Å². The first-order valence-electron chi connectivity index (χ1n) is 6.13. The monoisotopic (exact) mass is 378 g/mol. The molecular formula is C12H14N2O4S4. The highest BCUT2D eigenvalue weighted by Gasteiger charge is 2.14. The van der Waals surface area contributed by atoms with E-state index in [2.05, 4.69) is 9.44 Å². The van der Waals surface area contributed by atoms with Crippen LogP contribution in [0.5, 0.6) is 0 Å². The lowest BCUT2D eigenvalue weighted by Gasteiger charge is -2.02. The zero-order chi connectivity index (χ0) is 16.1. The van der Waals surface area contributed by atoms with Gasteiger partial charge in [0.2, 0.25) is 20.0 Å². The van der Waals surface area contributed by atoms with Gasteiger partial charge in [-0.25, -0.2) is 26.3 Å². The average Bonchev–Trinajstić information content (AvgIpc) is 3.15. The maximum atomic E-state index is 11.8. The first-order valence-corrected chi connectivity index (χ1v) is 10.9. The molecule has 6 nitrogen and oxygen atoms in total. The number of hydrogen-bond donors (Lipinski definition) is 2. The summed E-state index contributed by atoms with van der Waals surface area (Å²) in [5, 5.41) is 3.37. The molecule has 10 heteroatoms. The molecule has 0 bridgehead atoms. The Labute approximate surface area is 137 Å². The first kappa shape index (κ1) is 17.3. The molecule has 2 N–H and O–H groups in total. The molecule has 0 aromatic carbocycles. The summed E-state index contributed by atoms with van der Waals surface area (Å²) in [7, 11) is -6.98. The fourth-order valence-electron chi connectivity index (χ4n) is 1.46. The predicted octanol–water partition coefficient (Wildman–Crippen LogP) is 1.62. The van der Waals surface area contributed by atoms with E-state index >= 15 is 0 Å². The van der Waals surface area contributed by atoms with Gasteiger partial charge in [0.15, 0.2) is 0 Å². The molecule has 120 valence electrons. The molecule has 0 aliphatic heterocycles. The average molecular weight is 379 g/mol. The molecule has 0 spiro atoms. The van der Waals surface area contributed by atoms with Crippen molar-refractivity contribution >= 4 is 42.7 Å². The Morgan fingerprint density at radius 1 is 0.818 bits per heavy atom. The van der Waals surface area contributed by atoms with E-state index in [1.165, 1.54) is 12.1 Å². The highest BCUT2D eigenvalue weighted by atomic mass is 32.3. The summed E-state index contributed by atoms with van der Waals surface area (Å²) in [6.45, 7) is 0.196. The van der Waals surface area contributed by atoms with Gasteiger partial charge in [-0.3, -0.25) is 0 Å². The van der Waals surface area contributed by atoms with Gasteiger partial charge < -0.3 is 0 Å². The van der Waals surface area contributed by atoms with Crippen LogP contribution in [-0.2, 0) is 20.0 Å². The minimum Gasteiger partial charge on any atom is -0.207 e. The molecule has 0 atom stereocenters. The maximum absolute atomic E-state index is 11.8. The zero-order valence-corrected chi connectivity index (χ0v) is 14.6. The van der Waals surface area contributed by atoms with E-state index in [0.29, 0.717) is 0 Å². The van der Waals surface area contributed by atoms with E-state index in [4.69, 9.17) is 0 Å². The minimum atomic E-state index is -3.49. The second-order valence-electron chi connectivity index (χ2n) is 4.04. The molecular weight excluding hydrogens is 364 g/mol. The standard InChI is InChI=1S/C12H14N2O4S4/c15-21(16,11-5-3-9-19-11)13-7-1-2-8-14-22(17,18)12-6-4-10-20-12/h1-6,9-10,13-14H,7-8H2/b2-1+. The molecule has 2 heterocycles. The first-order chi connectivity index (χ1) is 10.4.